The topological polar surface area (TPSA) is 52.6 Å². The van der Waals surface area contributed by atoms with Crippen LogP contribution in [0, 0.1) is 5.82 Å². The second kappa shape index (κ2) is 8.77. The molecule has 0 saturated carbocycles. The van der Waals surface area contributed by atoms with Crippen molar-refractivity contribution in [3.8, 4) is 0 Å². The van der Waals surface area contributed by atoms with Crippen molar-refractivity contribution in [3.63, 3.8) is 0 Å². The first-order valence-electron chi connectivity index (χ1n) is 10.9. The number of hydrogen-bond donors (Lipinski definition) is 2. The van der Waals surface area contributed by atoms with E-state index in [-0.39, 0.29) is 5.82 Å². The summed E-state index contributed by atoms with van der Waals surface area (Å²) in [6, 6.07) is 15.4. The summed E-state index contributed by atoms with van der Waals surface area (Å²) in [6.07, 6.45) is 2.83. The summed E-state index contributed by atoms with van der Waals surface area (Å²) in [7, 11) is 0. The van der Waals surface area contributed by atoms with Crippen LogP contribution in [0.2, 0.25) is 0 Å². The standard InChI is InChI=1S/C24H26FN5S/c1-2-21-29-22-23(27-19-5-3-4-6-20(19)28-24(22)31-21)30-14-13-26-18(15-30)12-9-16-7-10-17(25)11-8-16/h3-8,10-11,18,26,28H,2,9,12-15H2,1H3. The second-order valence-electron chi connectivity index (χ2n) is 7.98. The van der Waals surface area contributed by atoms with Crippen LogP contribution >= 0.6 is 11.3 Å². The van der Waals surface area contributed by atoms with E-state index in [4.69, 9.17) is 9.98 Å². The minimum absolute atomic E-state index is 0.184. The average Bonchev–Trinajstić information content (AvgIpc) is 3.14. The van der Waals surface area contributed by atoms with Crippen LogP contribution < -0.4 is 10.6 Å². The van der Waals surface area contributed by atoms with E-state index >= 15 is 0 Å². The zero-order valence-corrected chi connectivity index (χ0v) is 18.4. The van der Waals surface area contributed by atoms with Gasteiger partial charge >= 0.3 is 0 Å². The van der Waals surface area contributed by atoms with Crippen molar-refractivity contribution < 1.29 is 4.39 Å². The van der Waals surface area contributed by atoms with Crippen LogP contribution in [0.1, 0.15) is 29.6 Å². The number of thiazole rings is 1. The van der Waals surface area contributed by atoms with Crippen LogP contribution in [0.15, 0.2) is 53.5 Å². The number of anilines is 2. The van der Waals surface area contributed by atoms with Crippen molar-refractivity contribution in [2.45, 2.75) is 32.2 Å². The lowest BCUT2D eigenvalue weighted by Crippen LogP contribution is -2.53. The Morgan fingerprint density at radius 1 is 1.16 bits per heavy atom. The Morgan fingerprint density at radius 2 is 2.00 bits per heavy atom. The number of benzene rings is 2. The largest absolute Gasteiger partial charge is 0.352 e. The molecule has 0 spiro atoms. The van der Waals surface area contributed by atoms with Gasteiger partial charge in [0.15, 0.2) is 5.84 Å². The predicted molar refractivity (Wildman–Crippen MR) is 125 cm³/mol. The average molecular weight is 436 g/mol. The molecular formula is C24H26FN5S. The van der Waals surface area contributed by atoms with E-state index in [2.05, 4.69) is 28.5 Å². The number of para-hydroxylation sites is 2. The number of aliphatic imine (C=N–C) groups is 1. The van der Waals surface area contributed by atoms with Gasteiger partial charge in [0, 0.05) is 25.7 Å². The Hall–Kier alpha value is -2.77. The molecule has 1 unspecified atom stereocenters. The molecule has 0 bridgehead atoms. The minimum Gasteiger partial charge on any atom is -0.352 e. The lowest BCUT2D eigenvalue weighted by Gasteiger charge is -2.35. The molecule has 3 aromatic rings. The van der Waals surface area contributed by atoms with Crippen LogP contribution in [0.4, 0.5) is 20.8 Å². The van der Waals surface area contributed by atoms with Gasteiger partial charge in [-0.25, -0.2) is 14.4 Å². The number of fused-ring (bicyclic) bond motifs is 2. The monoisotopic (exact) mass is 435 g/mol. The van der Waals surface area contributed by atoms with Crippen LogP contribution in [0.5, 0.6) is 0 Å². The van der Waals surface area contributed by atoms with Gasteiger partial charge in [-0.05, 0) is 49.1 Å². The van der Waals surface area contributed by atoms with Crippen molar-refractivity contribution in [3.05, 3.63) is 70.6 Å². The summed E-state index contributed by atoms with van der Waals surface area (Å²) >= 11 is 1.71. The molecule has 5 rings (SSSR count). The first kappa shape index (κ1) is 20.2. The maximum Gasteiger partial charge on any atom is 0.158 e. The number of nitrogens with zero attached hydrogens (tertiary/aromatic N) is 3. The Bertz CT molecular complexity index is 1090. The molecule has 1 saturated heterocycles. The van der Waals surface area contributed by atoms with E-state index in [0.29, 0.717) is 6.04 Å². The molecular weight excluding hydrogens is 409 g/mol. The molecule has 31 heavy (non-hydrogen) atoms. The molecule has 0 amide bonds. The predicted octanol–water partition coefficient (Wildman–Crippen LogP) is 4.89. The number of piperazine rings is 1. The molecule has 2 aliphatic rings. The van der Waals surface area contributed by atoms with Crippen molar-refractivity contribution in [1.29, 1.82) is 0 Å². The lowest BCUT2D eigenvalue weighted by atomic mass is 10.0. The van der Waals surface area contributed by atoms with Gasteiger partial charge in [-0.1, -0.05) is 31.2 Å². The highest BCUT2D eigenvalue weighted by Gasteiger charge is 2.28. The van der Waals surface area contributed by atoms with E-state index in [1.807, 2.05) is 30.3 Å². The zero-order valence-electron chi connectivity index (χ0n) is 17.6. The number of hydrogen-bond acceptors (Lipinski definition) is 6. The number of aryl methyl sites for hydroxylation is 2. The van der Waals surface area contributed by atoms with Gasteiger partial charge in [0.25, 0.3) is 0 Å². The Kier molecular flexibility index (Phi) is 5.70. The molecule has 0 aliphatic carbocycles. The normalized spacial score (nSPS) is 17.9. The molecule has 2 aliphatic heterocycles. The maximum absolute atomic E-state index is 13.2. The highest BCUT2D eigenvalue weighted by atomic mass is 32.1. The van der Waals surface area contributed by atoms with Crippen molar-refractivity contribution >= 4 is 33.5 Å². The quantitative estimate of drug-likeness (QED) is 0.613. The van der Waals surface area contributed by atoms with Gasteiger partial charge in [0.05, 0.1) is 16.4 Å². The lowest BCUT2D eigenvalue weighted by molar-refractivity contribution is 0.282. The second-order valence-corrected chi connectivity index (χ2v) is 9.06. The van der Waals surface area contributed by atoms with Gasteiger partial charge < -0.3 is 15.5 Å². The molecule has 160 valence electrons. The summed E-state index contributed by atoms with van der Waals surface area (Å²) in [5, 5.41) is 9.39. The number of rotatable bonds is 4. The van der Waals surface area contributed by atoms with Gasteiger partial charge in [-0.2, -0.15) is 0 Å². The number of amidine groups is 1. The highest BCUT2D eigenvalue weighted by Crippen LogP contribution is 2.38. The molecule has 0 radical (unpaired) electrons. The minimum atomic E-state index is -0.184. The van der Waals surface area contributed by atoms with Crippen molar-refractivity contribution in [2.75, 3.05) is 25.0 Å². The number of nitrogens with one attached hydrogen (secondary N) is 2. The summed E-state index contributed by atoms with van der Waals surface area (Å²) in [5.41, 5.74) is 4.09. The van der Waals surface area contributed by atoms with E-state index in [0.717, 1.165) is 71.8 Å². The third-order valence-electron chi connectivity index (χ3n) is 5.81. The van der Waals surface area contributed by atoms with Crippen molar-refractivity contribution in [2.24, 2.45) is 4.99 Å². The fourth-order valence-electron chi connectivity index (χ4n) is 4.14. The van der Waals surface area contributed by atoms with E-state index in [9.17, 15) is 4.39 Å². The Morgan fingerprint density at radius 3 is 2.84 bits per heavy atom. The summed E-state index contributed by atoms with van der Waals surface area (Å²) in [6.45, 7) is 4.81. The van der Waals surface area contributed by atoms with Gasteiger partial charge in [-0.3, -0.25) is 0 Å². The molecule has 7 heteroatoms. The summed E-state index contributed by atoms with van der Waals surface area (Å²) < 4.78 is 13.2. The summed E-state index contributed by atoms with van der Waals surface area (Å²) in [5.74, 6) is 0.771. The molecule has 3 heterocycles. The Balaban J connectivity index is 1.39. The maximum atomic E-state index is 13.2. The van der Waals surface area contributed by atoms with E-state index in [1.165, 1.54) is 17.7 Å². The third-order valence-corrected chi connectivity index (χ3v) is 6.93. The van der Waals surface area contributed by atoms with Crippen molar-refractivity contribution in [1.82, 2.24) is 15.2 Å². The highest BCUT2D eigenvalue weighted by molar-refractivity contribution is 7.16. The van der Waals surface area contributed by atoms with Crippen LogP contribution in [-0.2, 0) is 12.8 Å². The number of aromatic nitrogens is 1. The molecule has 5 nitrogen and oxygen atoms in total. The fourth-order valence-corrected chi connectivity index (χ4v) is 5.05. The summed E-state index contributed by atoms with van der Waals surface area (Å²) in [4.78, 5) is 12.4. The van der Waals surface area contributed by atoms with Gasteiger partial charge in [-0.15, -0.1) is 11.3 Å². The molecule has 2 aromatic carbocycles. The third kappa shape index (κ3) is 4.34. The SMILES string of the molecule is CCc1nc2c(s1)Nc1ccccc1N=C2N1CCNC(CCc2ccc(F)cc2)C1. The van der Waals surface area contributed by atoms with Crippen LogP contribution in [-0.4, -0.2) is 41.4 Å². The molecule has 1 aromatic heterocycles. The van der Waals surface area contributed by atoms with Crippen LogP contribution in [0.25, 0.3) is 0 Å². The first-order valence-corrected chi connectivity index (χ1v) is 11.7. The fraction of sp³-hybridized carbons (Fsp3) is 0.333. The zero-order chi connectivity index (χ0) is 21.2. The number of halogens is 1. The van der Waals surface area contributed by atoms with Gasteiger partial charge in [0.1, 0.15) is 16.5 Å². The smallest absolute Gasteiger partial charge is 0.158 e. The van der Waals surface area contributed by atoms with Crippen LogP contribution in [0.3, 0.4) is 0 Å². The van der Waals surface area contributed by atoms with E-state index < -0.39 is 0 Å². The first-order chi connectivity index (χ1) is 15.2. The van der Waals surface area contributed by atoms with Gasteiger partial charge in [0.2, 0.25) is 0 Å². The molecule has 2 N–H and O–H groups in total. The molecule has 1 fully saturated rings. The van der Waals surface area contributed by atoms with E-state index in [1.54, 1.807) is 11.3 Å². The Labute approximate surface area is 186 Å². The molecule has 1 atom stereocenters.